The lowest BCUT2D eigenvalue weighted by atomic mass is 10.1. The third-order valence-electron chi connectivity index (χ3n) is 3.97. The number of hydrogen-bond acceptors (Lipinski definition) is 3. The van der Waals surface area contributed by atoms with E-state index in [0.29, 0.717) is 16.8 Å². The van der Waals surface area contributed by atoms with Gasteiger partial charge in [0.15, 0.2) is 0 Å². The number of benzene rings is 3. The summed E-state index contributed by atoms with van der Waals surface area (Å²) >= 11 is 0. The highest BCUT2D eigenvalue weighted by Crippen LogP contribution is 2.13. The van der Waals surface area contributed by atoms with Gasteiger partial charge >= 0.3 is 0 Å². The molecule has 2 amide bonds. The molecule has 3 aromatic carbocycles. The lowest BCUT2D eigenvalue weighted by Crippen LogP contribution is -2.18. The third-order valence-corrected chi connectivity index (χ3v) is 3.97. The molecule has 0 aromatic heterocycles. The predicted molar refractivity (Wildman–Crippen MR) is 107 cm³/mol. The van der Waals surface area contributed by atoms with Gasteiger partial charge in [0.05, 0.1) is 6.21 Å². The highest BCUT2D eigenvalue weighted by molar-refractivity contribution is 6.05. The minimum absolute atomic E-state index is 0.183. The zero-order chi connectivity index (χ0) is 19.1. The largest absolute Gasteiger partial charge is 0.322 e. The van der Waals surface area contributed by atoms with Crippen molar-refractivity contribution in [2.75, 3.05) is 5.32 Å². The highest BCUT2D eigenvalue weighted by atomic mass is 16.2. The standard InChI is InChI=1S/C22H19N3O2/c1-16-7-5-6-10-20(16)22(27)24-19-13-11-18(12-14-19)21(26)25-23-15-17-8-3-2-4-9-17/h2-15H,1H3,(H,24,27)(H,25,26)/b23-15+. The SMILES string of the molecule is Cc1ccccc1C(=O)Nc1ccc(C(=O)N/N=C/c2ccccc2)cc1. The monoisotopic (exact) mass is 357 g/mol. The van der Waals surface area contributed by atoms with Crippen LogP contribution in [0.5, 0.6) is 0 Å². The number of hydrogen-bond donors (Lipinski definition) is 2. The summed E-state index contributed by atoms with van der Waals surface area (Å²) in [6, 6.07) is 23.5. The van der Waals surface area contributed by atoms with Crippen LogP contribution < -0.4 is 10.7 Å². The topological polar surface area (TPSA) is 70.6 Å². The van der Waals surface area contributed by atoms with Crippen LogP contribution in [0.25, 0.3) is 0 Å². The van der Waals surface area contributed by atoms with Gasteiger partial charge in [-0.25, -0.2) is 5.43 Å². The van der Waals surface area contributed by atoms with E-state index in [9.17, 15) is 9.59 Å². The number of nitrogens with zero attached hydrogens (tertiary/aromatic N) is 1. The molecule has 3 rings (SSSR count). The molecule has 0 aliphatic carbocycles. The minimum atomic E-state index is -0.320. The maximum absolute atomic E-state index is 12.3. The Bertz CT molecular complexity index is 964. The first-order chi connectivity index (χ1) is 13.1. The van der Waals surface area contributed by atoms with E-state index in [-0.39, 0.29) is 11.8 Å². The van der Waals surface area contributed by atoms with Crippen LogP contribution in [-0.2, 0) is 0 Å². The zero-order valence-corrected chi connectivity index (χ0v) is 14.8. The maximum Gasteiger partial charge on any atom is 0.271 e. The van der Waals surface area contributed by atoms with E-state index >= 15 is 0 Å². The predicted octanol–water partition coefficient (Wildman–Crippen LogP) is 4.01. The number of anilines is 1. The van der Waals surface area contributed by atoms with Gasteiger partial charge in [-0.1, -0.05) is 48.5 Å². The fraction of sp³-hybridized carbons (Fsp3) is 0.0455. The van der Waals surface area contributed by atoms with Gasteiger partial charge in [0.25, 0.3) is 11.8 Å². The number of carbonyl (C=O) groups excluding carboxylic acids is 2. The van der Waals surface area contributed by atoms with Crippen molar-refractivity contribution in [3.8, 4) is 0 Å². The summed E-state index contributed by atoms with van der Waals surface area (Å²) in [7, 11) is 0. The summed E-state index contributed by atoms with van der Waals surface area (Å²) in [5.41, 5.74) is 5.98. The Morgan fingerprint density at radius 2 is 1.48 bits per heavy atom. The van der Waals surface area contributed by atoms with Gasteiger partial charge in [0.1, 0.15) is 0 Å². The molecule has 0 bridgehead atoms. The van der Waals surface area contributed by atoms with Crippen molar-refractivity contribution in [2.45, 2.75) is 6.92 Å². The Balaban J connectivity index is 1.59. The van der Waals surface area contributed by atoms with Crippen molar-refractivity contribution in [3.05, 3.63) is 101 Å². The van der Waals surface area contributed by atoms with Crippen molar-refractivity contribution in [3.63, 3.8) is 0 Å². The second-order valence-corrected chi connectivity index (χ2v) is 5.96. The Labute approximate surface area is 157 Å². The van der Waals surface area contributed by atoms with E-state index < -0.39 is 0 Å². The van der Waals surface area contributed by atoms with Gasteiger partial charge in [0.2, 0.25) is 0 Å². The molecule has 0 saturated heterocycles. The van der Waals surface area contributed by atoms with Crippen LogP contribution in [0.1, 0.15) is 31.8 Å². The van der Waals surface area contributed by atoms with E-state index in [1.165, 1.54) is 0 Å². The molecule has 0 atom stereocenters. The summed E-state index contributed by atoms with van der Waals surface area (Å²) in [5.74, 6) is -0.503. The fourth-order valence-electron chi connectivity index (χ4n) is 2.50. The molecule has 134 valence electrons. The van der Waals surface area contributed by atoms with E-state index in [1.807, 2.05) is 55.5 Å². The lowest BCUT2D eigenvalue weighted by molar-refractivity contribution is 0.0954. The number of rotatable bonds is 5. The van der Waals surface area contributed by atoms with Crippen molar-refractivity contribution in [2.24, 2.45) is 5.10 Å². The molecular formula is C22H19N3O2. The number of carbonyl (C=O) groups is 2. The number of aryl methyl sites for hydroxylation is 1. The summed E-state index contributed by atoms with van der Waals surface area (Å²) in [5, 5.41) is 6.77. The van der Waals surface area contributed by atoms with Crippen molar-refractivity contribution in [1.82, 2.24) is 5.43 Å². The van der Waals surface area contributed by atoms with Crippen LogP contribution in [0, 0.1) is 6.92 Å². The summed E-state index contributed by atoms with van der Waals surface area (Å²) < 4.78 is 0. The molecule has 0 unspecified atom stereocenters. The second-order valence-electron chi connectivity index (χ2n) is 5.96. The van der Waals surface area contributed by atoms with Crippen LogP contribution in [0.3, 0.4) is 0 Å². The lowest BCUT2D eigenvalue weighted by Gasteiger charge is -2.08. The first-order valence-electron chi connectivity index (χ1n) is 8.49. The summed E-state index contributed by atoms with van der Waals surface area (Å²) in [6.45, 7) is 1.89. The zero-order valence-electron chi connectivity index (χ0n) is 14.8. The van der Waals surface area contributed by atoms with Crippen LogP contribution >= 0.6 is 0 Å². The van der Waals surface area contributed by atoms with Gasteiger partial charge in [-0.2, -0.15) is 5.10 Å². The first kappa shape index (κ1) is 18.1. The molecule has 0 radical (unpaired) electrons. The van der Waals surface area contributed by atoms with Gasteiger partial charge in [0, 0.05) is 16.8 Å². The molecule has 0 aliphatic heterocycles. The van der Waals surface area contributed by atoms with Gasteiger partial charge in [-0.05, 0) is 48.4 Å². The normalized spacial score (nSPS) is 10.6. The minimum Gasteiger partial charge on any atom is -0.322 e. The molecule has 0 saturated carbocycles. The average Bonchev–Trinajstić information content (AvgIpc) is 2.69. The molecule has 27 heavy (non-hydrogen) atoms. The Kier molecular flexibility index (Phi) is 5.74. The molecule has 0 fully saturated rings. The Morgan fingerprint density at radius 1 is 0.815 bits per heavy atom. The molecular weight excluding hydrogens is 338 g/mol. The van der Waals surface area contributed by atoms with Crippen molar-refractivity contribution >= 4 is 23.7 Å². The van der Waals surface area contributed by atoms with Gasteiger partial charge < -0.3 is 5.32 Å². The number of amides is 2. The Morgan fingerprint density at radius 3 is 2.19 bits per heavy atom. The third kappa shape index (κ3) is 4.89. The number of hydrazone groups is 1. The van der Waals surface area contributed by atoms with Crippen molar-refractivity contribution in [1.29, 1.82) is 0 Å². The van der Waals surface area contributed by atoms with Crippen molar-refractivity contribution < 1.29 is 9.59 Å². The Hall–Kier alpha value is -3.73. The molecule has 3 aromatic rings. The molecule has 0 aliphatic rings. The van der Waals surface area contributed by atoms with E-state index in [0.717, 1.165) is 11.1 Å². The van der Waals surface area contributed by atoms with E-state index in [4.69, 9.17) is 0 Å². The van der Waals surface area contributed by atoms with Crippen LogP contribution in [0.15, 0.2) is 84.0 Å². The first-order valence-corrected chi connectivity index (χ1v) is 8.49. The van der Waals surface area contributed by atoms with E-state index in [1.54, 1.807) is 36.5 Å². The molecule has 2 N–H and O–H groups in total. The second kappa shape index (κ2) is 8.58. The van der Waals surface area contributed by atoms with Crippen LogP contribution in [0.4, 0.5) is 5.69 Å². The summed E-state index contributed by atoms with van der Waals surface area (Å²) in [4.78, 5) is 24.4. The maximum atomic E-state index is 12.3. The van der Waals surface area contributed by atoms with Gasteiger partial charge in [-0.3, -0.25) is 9.59 Å². The number of nitrogens with one attached hydrogen (secondary N) is 2. The average molecular weight is 357 g/mol. The molecule has 0 spiro atoms. The molecule has 0 heterocycles. The molecule has 5 nitrogen and oxygen atoms in total. The van der Waals surface area contributed by atoms with Crippen LogP contribution in [0.2, 0.25) is 0 Å². The smallest absolute Gasteiger partial charge is 0.271 e. The quantitative estimate of drug-likeness (QED) is 0.535. The van der Waals surface area contributed by atoms with Crippen LogP contribution in [-0.4, -0.2) is 18.0 Å². The fourth-order valence-corrected chi connectivity index (χ4v) is 2.50. The van der Waals surface area contributed by atoms with Gasteiger partial charge in [-0.15, -0.1) is 0 Å². The van der Waals surface area contributed by atoms with E-state index in [2.05, 4.69) is 15.8 Å². The summed E-state index contributed by atoms with van der Waals surface area (Å²) in [6.07, 6.45) is 1.58. The highest BCUT2D eigenvalue weighted by Gasteiger charge is 2.09. The molecule has 5 heteroatoms.